The number of nitrogens with zero attached hydrogens (tertiary/aromatic N) is 2. The number of nitrogens with one attached hydrogen (secondary N) is 3. The Labute approximate surface area is 196 Å². The van der Waals surface area contributed by atoms with Crippen molar-refractivity contribution in [2.24, 2.45) is 0 Å². The Kier molecular flexibility index (Phi) is 8.26. The lowest BCUT2D eigenvalue weighted by Gasteiger charge is -2.06. The van der Waals surface area contributed by atoms with Gasteiger partial charge in [-0.3, -0.25) is 4.79 Å². The molecule has 0 unspecified atom stereocenters. The number of benzene rings is 2. The Balaban J connectivity index is 1.42. The molecule has 0 radical (unpaired) electrons. The zero-order chi connectivity index (χ0) is 23.9. The molecule has 10 nitrogen and oxygen atoms in total. The molecule has 33 heavy (non-hydrogen) atoms. The van der Waals surface area contributed by atoms with Crippen molar-refractivity contribution in [1.82, 2.24) is 19.6 Å². The molecule has 3 aromatic rings. The standard InChI is InChI=1S/C20H23N5O5S3/c1-15-7-9-17(10-8-15)33(29,30)22-14-12-19-24-25-20(31-19)23-18(26)11-13-21-32(27,28)16-5-3-2-4-6-16/h2-10,21-22H,11-14H2,1H3,(H,23,25,26). The number of rotatable bonds is 11. The lowest BCUT2D eigenvalue weighted by molar-refractivity contribution is -0.116. The number of amides is 1. The molecule has 3 N–H and O–H groups in total. The second-order valence-electron chi connectivity index (χ2n) is 6.97. The van der Waals surface area contributed by atoms with Gasteiger partial charge in [-0.1, -0.05) is 47.2 Å². The van der Waals surface area contributed by atoms with Crippen molar-refractivity contribution in [3.63, 3.8) is 0 Å². The molecule has 0 aliphatic rings. The summed E-state index contributed by atoms with van der Waals surface area (Å²) in [6, 6.07) is 14.4. The number of aryl methyl sites for hydroxylation is 1. The fourth-order valence-corrected chi connectivity index (χ4v) is 5.50. The maximum Gasteiger partial charge on any atom is 0.240 e. The van der Waals surface area contributed by atoms with Crippen LogP contribution in [0.2, 0.25) is 0 Å². The minimum atomic E-state index is -3.68. The van der Waals surface area contributed by atoms with Crippen molar-refractivity contribution in [3.8, 4) is 0 Å². The van der Waals surface area contributed by atoms with Crippen LogP contribution in [0, 0.1) is 6.92 Å². The molecule has 1 aromatic heterocycles. The van der Waals surface area contributed by atoms with Gasteiger partial charge in [0.25, 0.3) is 0 Å². The number of aromatic nitrogens is 2. The van der Waals surface area contributed by atoms with E-state index in [1.807, 2.05) is 6.92 Å². The summed E-state index contributed by atoms with van der Waals surface area (Å²) in [6.07, 6.45) is 0.215. The van der Waals surface area contributed by atoms with Gasteiger partial charge >= 0.3 is 0 Å². The third-order valence-corrected chi connectivity index (χ3v) is 8.23. The van der Waals surface area contributed by atoms with E-state index in [0.717, 1.165) is 16.9 Å². The first kappa shape index (κ1) is 24.9. The molecule has 176 valence electrons. The lowest BCUT2D eigenvalue weighted by Crippen LogP contribution is -2.27. The Morgan fingerprint density at radius 3 is 2.12 bits per heavy atom. The quantitative estimate of drug-likeness (QED) is 0.356. The number of carbonyl (C=O) groups excluding carboxylic acids is 1. The number of carbonyl (C=O) groups is 1. The highest BCUT2D eigenvalue weighted by molar-refractivity contribution is 7.89. The second kappa shape index (κ2) is 10.9. The van der Waals surface area contributed by atoms with Crippen molar-refractivity contribution in [2.45, 2.75) is 29.6 Å². The monoisotopic (exact) mass is 509 g/mol. The molecule has 0 atom stereocenters. The van der Waals surface area contributed by atoms with Crippen LogP contribution < -0.4 is 14.8 Å². The summed E-state index contributed by atoms with van der Waals surface area (Å²) in [6.45, 7) is 1.92. The number of anilines is 1. The molecule has 0 aliphatic carbocycles. The van der Waals surface area contributed by atoms with Gasteiger partial charge in [0.05, 0.1) is 9.79 Å². The molecule has 1 amide bonds. The minimum absolute atomic E-state index is 0.0739. The van der Waals surface area contributed by atoms with E-state index in [-0.39, 0.29) is 34.4 Å². The summed E-state index contributed by atoms with van der Waals surface area (Å²) < 4.78 is 53.7. The van der Waals surface area contributed by atoms with Crippen LogP contribution in [0.3, 0.4) is 0 Å². The van der Waals surface area contributed by atoms with Gasteiger partial charge in [-0.25, -0.2) is 26.3 Å². The molecule has 13 heteroatoms. The van der Waals surface area contributed by atoms with Crippen LogP contribution in [-0.2, 0) is 31.3 Å². The Morgan fingerprint density at radius 1 is 0.848 bits per heavy atom. The molecule has 2 aromatic carbocycles. The Hall–Kier alpha value is -2.71. The highest BCUT2D eigenvalue weighted by Gasteiger charge is 2.16. The van der Waals surface area contributed by atoms with Crippen LogP contribution in [0.15, 0.2) is 64.4 Å². The van der Waals surface area contributed by atoms with E-state index in [2.05, 4.69) is 25.0 Å². The van der Waals surface area contributed by atoms with Crippen molar-refractivity contribution in [1.29, 1.82) is 0 Å². The van der Waals surface area contributed by atoms with E-state index < -0.39 is 26.0 Å². The molecule has 0 bridgehead atoms. The van der Waals surface area contributed by atoms with Gasteiger partial charge in [0.1, 0.15) is 5.01 Å². The van der Waals surface area contributed by atoms with Crippen molar-refractivity contribution >= 4 is 42.4 Å². The fraction of sp³-hybridized carbons (Fsp3) is 0.250. The Bertz CT molecular complexity index is 1290. The Morgan fingerprint density at radius 2 is 1.45 bits per heavy atom. The van der Waals surface area contributed by atoms with Gasteiger partial charge in [-0.2, -0.15) is 0 Å². The van der Waals surface area contributed by atoms with Gasteiger partial charge < -0.3 is 5.32 Å². The van der Waals surface area contributed by atoms with Gasteiger partial charge in [-0.05, 0) is 31.2 Å². The molecule has 0 spiro atoms. The molecule has 0 saturated carbocycles. The SMILES string of the molecule is Cc1ccc(S(=O)(=O)NCCc2nnc(NC(=O)CCNS(=O)(=O)c3ccccc3)s2)cc1. The summed E-state index contributed by atoms with van der Waals surface area (Å²) >= 11 is 1.12. The molecular weight excluding hydrogens is 486 g/mol. The van der Waals surface area contributed by atoms with Crippen molar-refractivity contribution in [2.75, 3.05) is 18.4 Å². The average molecular weight is 510 g/mol. The average Bonchev–Trinajstić information content (AvgIpc) is 3.21. The summed E-state index contributed by atoms with van der Waals surface area (Å²) in [4.78, 5) is 12.4. The first-order valence-electron chi connectivity index (χ1n) is 9.89. The maximum absolute atomic E-state index is 12.3. The van der Waals surface area contributed by atoms with E-state index >= 15 is 0 Å². The van der Waals surface area contributed by atoms with E-state index in [4.69, 9.17) is 0 Å². The molecule has 1 heterocycles. The number of sulfonamides is 2. The lowest BCUT2D eigenvalue weighted by atomic mass is 10.2. The van der Waals surface area contributed by atoms with E-state index in [1.54, 1.807) is 30.3 Å². The van der Waals surface area contributed by atoms with Crippen LogP contribution in [0.5, 0.6) is 0 Å². The van der Waals surface area contributed by atoms with E-state index in [9.17, 15) is 21.6 Å². The smallest absolute Gasteiger partial charge is 0.240 e. The molecule has 0 fully saturated rings. The zero-order valence-electron chi connectivity index (χ0n) is 17.7. The summed E-state index contributed by atoms with van der Waals surface area (Å²) in [7, 11) is -7.30. The highest BCUT2D eigenvalue weighted by Crippen LogP contribution is 2.16. The maximum atomic E-state index is 12.3. The summed E-state index contributed by atoms with van der Waals surface area (Å²) in [5.41, 5.74) is 0.964. The van der Waals surface area contributed by atoms with Gasteiger partial charge in [0, 0.05) is 25.9 Å². The van der Waals surface area contributed by atoms with Crippen LogP contribution in [0.4, 0.5) is 5.13 Å². The zero-order valence-corrected chi connectivity index (χ0v) is 20.1. The first-order chi connectivity index (χ1) is 15.7. The van der Waals surface area contributed by atoms with Gasteiger partial charge in [0.15, 0.2) is 0 Å². The summed E-state index contributed by atoms with van der Waals surface area (Å²) in [5, 5.41) is 11.2. The molecular formula is C20H23N5O5S3. The van der Waals surface area contributed by atoms with E-state index in [1.165, 1.54) is 24.3 Å². The van der Waals surface area contributed by atoms with Gasteiger partial charge in [0.2, 0.25) is 31.1 Å². The van der Waals surface area contributed by atoms with E-state index in [0.29, 0.717) is 11.4 Å². The molecule has 0 saturated heterocycles. The topological polar surface area (TPSA) is 147 Å². The summed E-state index contributed by atoms with van der Waals surface area (Å²) in [5.74, 6) is -0.423. The van der Waals surface area contributed by atoms with Crippen LogP contribution in [0.1, 0.15) is 17.0 Å². The molecule has 0 aliphatic heterocycles. The van der Waals surface area contributed by atoms with Crippen LogP contribution in [-0.4, -0.2) is 46.0 Å². The normalized spacial score (nSPS) is 11.9. The van der Waals surface area contributed by atoms with Gasteiger partial charge in [-0.15, -0.1) is 10.2 Å². The predicted octanol–water partition coefficient (Wildman–Crippen LogP) is 1.67. The van der Waals surface area contributed by atoms with Crippen LogP contribution in [0.25, 0.3) is 0 Å². The van der Waals surface area contributed by atoms with Crippen molar-refractivity contribution in [3.05, 3.63) is 65.2 Å². The van der Waals surface area contributed by atoms with Crippen molar-refractivity contribution < 1.29 is 21.6 Å². The third-order valence-electron chi connectivity index (χ3n) is 4.37. The largest absolute Gasteiger partial charge is 0.300 e. The number of hydrogen-bond donors (Lipinski definition) is 3. The molecule has 3 rings (SSSR count). The number of hydrogen-bond acceptors (Lipinski definition) is 8. The second-order valence-corrected chi connectivity index (χ2v) is 11.6. The first-order valence-corrected chi connectivity index (χ1v) is 13.7. The van der Waals surface area contributed by atoms with Crippen LogP contribution >= 0.6 is 11.3 Å². The third kappa shape index (κ3) is 7.40. The predicted molar refractivity (Wildman–Crippen MR) is 125 cm³/mol. The fourth-order valence-electron chi connectivity index (χ4n) is 2.66. The highest BCUT2D eigenvalue weighted by atomic mass is 32.2. The minimum Gasteiger partial charge on any atom is -0.300 e.